The average Bonchev–Trinajstić information content (AvgIpc) is 2.76. The molecule has 5 nitrogen and oxygen atoms in total. The standard InChI is InChI=1S/C24H17N3O2/c1-15-12-13-19-18(14-15)23(28)20-21(16-8-4-2-5-9-16)26-27(24(29)22(20)25-19)17-10-6-3-7-11-17/h2-14H,1H3,(H,25,28). The highest BCUT2D eigenvalue weighted by Crippen LogP contribution is 2.24. The minimum Gasteiger partial charge on any atom is -0.350 e. The lowest BCUT2D eigenvalue weighted by Crippen LogP contribution is -2.25. The van der Waals surface area contributed by atoms with E-state index in [1.807, 2.05) is 85.8 Å². The fraction of sp³-hybridized carbons (Fsp3) is 0.0417. The third-order valence-corrected chi connectivity index (χ3v) is 5.05. The molecule has 0 saturated carbocycles. The van der Waals surface area contributed by atoms with Crippen LogP contribution in [0.1, 0.15) is 5.56 Å². The Labute approximate surface area is 165 Å². The second kappa shape index (κ2) is 6.56. The number of H-pyrrole nitrogens is 1. The maximum Gasteiger partial charge on any atom is 0.295 e. The van der Waals surface area contributed by atoms with Crippen molar-refractivity contribution in [1.29, 1.82) is 0 Å². The van der Waals surface area contributed by atoms with Crippen molar-refractivity contribution in [3.05, 3.63) is 105 Å². The summed E-state index contributed by atoms with van der Waals surface area (Å²) in [5, 5.41) is 5.48. The van der Waals surface area contributed by atoms with Crippen molar-refractivity contribution in [3.63, 3.8) is 0 Å². The van der Waals surface area contributed by atoms with Crippen molar-refractivity contribution in [2.45, 2.75) is 6.92 Å². The van der Waals surface area contributed by atoms with Crippen LogP contribution in [0.15, 0.2) is 88.5 Å². The molecule has 2 aromatic heterocycles. The molecule has 0 bridgehead atoms. The van der Waals surface area contributed by atoms with E-state index in [-0.39, 0.29) is 16.5 Å². The van der Waals surface area contributed by atoms with Crippen molar-refractivity contribution in [2.75, 3.05) is 0 Å². The summed E-state index contributed by atoms with van der Waals surface area (Å²) in [6.45, 7) is 1.94. The van der Waals surface area contributed by atoms with E-state index in [2.05, 4.69) is 10.1 Å². The van der Waals surface area contributed by atoms with Gasteiger partial charge in [-0.05, 0) is 31.2 Å². The van der Waals surface area contributed by atoms with Crippen LogP contribution in [0.3, 0.4) is 0 Å². The fourth-order valence-electron chi connectivity index (χ4n) is 3.63. The first kappa shape index (κ1) is 17.1. The Morgan fingerprint density at radius 2 is 1.55 bits per heavy atom. The fourth-order valence-corrected chi connectivity index (χ4v) is 3.63. The Hall–Kier alpha value is -3.99. The van der Waals surface area contributed by atoms with Crippen molar-refractivity contribution < 1.29 is 0 Å². The molecule has 0 fully saturated rings. The number of nitrogens with zero attached hydrogens (tertiary/aromatic N) is 2. The highest BCUT2D eigenvalue weighted by molar-refractivity contribution is 5.99. The summed E-state index contributed by atoms with van der Waals surface area (Å²) in [7, 11) is 0. The number of nitrogens with one attached hydrogen (secondary N) is 1. The van der Waals surface area contributed by atoms with Crippen LogP contribution >= 0.6 is 0 Å². The summed E-state index contributed by atoms with van der Waals surface area (Å²) >= 11 is 0. The van der Waals surface area contributed by atoms with E-state index < -0.39 is 0 Å². The molecule has 1 N–H and O–H groups in total. The van der Waals surface area contributed by atoms with E-state index in [1.165, 1.54) is 4.68 Å². The molecular weight excluding hydrogens is 362 g/mol. The van der Waals surface area contributed by atoms with Crippen LogP contribution in [0.4, 0.5) is 0 Å². The van der Waals surface area contributed by atoms with Gasteiger partial charge in [0.05, 0.1) is 11.1 Å². The lowest BCUT2D eigenvalue weighted by atomic mass is 10.0. The summed E-state index contributed by atoms with van der Waals surface area (Å²) in [4.78, 5) is 29.9. The summed E-state index contributed by atoms with van der Waals surface area (Å²) in [6.07, 6.45) is 0. The molecule has 5 rings (SSSR count). The first-order valence-electron chi connectivity index (χ1n) is 9.34. The maximum absolute atomic E-state index is 13.4. The van der Waals surface area contributed by atoms with Crippen LogP contribution in [0, 0.1) is 6.92 Å². The van der Waals surface area contributed by atoms with Gasteiger partial charge in [-0.1, -0.05) is 60.2 Å². The molecule has 5 heteroatoms. The smallest absolute Gasteiger partial charge is 0.295 e. The number of hydrogen-bond donors (Lipinski definition) is 1. The predicted octanol–water partition coefficient (Wildman–Crippen LogP) is 4.20. The Kier molecular flexibility index (Phi) is 3.88. The number of rotatable bonds is 2. The van der Waals surface area contributed by atoms with Crippen molar-refractivity contribution in [1.82, 2.24) is 14.8 Å². The molecule has 2 heterocycles. The molecule has 0 aliphatic heterocycles. The summed E-state index contributed by atoms with van der Waals surface area (Å²) in [6, 6.07) is 24.3. The first-order valence-corrected chi connectivity index (χ1v) is 9.34. The first-order chi connectivity index (χ1) is 14.1. The van der Waals surface area contributed by atoms with Gasteiger partial charge >= 0.3 is 0 Å². The summed E-state index contributed by atoms with van der Waals surface area (Å²) in [5.74, 6) is 0. The van der Waals surface area contributed by atoms with Gasteiger partial charge in [0.1, 0.15) is 11.2 Å². The second-order valence-corrected chi connectivity index (χ2v) is 7.02. The molecule has 0 unspecified atom stereocenters. The maximum atomic E-state index is 13.4. The average molecular weight is 379 g/mol. The molecule has 3 aromatic carbocycles. The van der Waals surface area contributed by atoms with Gasteiger partial charge in [0, 0.05) is 16.5 Å². The van der Waals surface area contributed by atoms with Crippen molar-refractivity contribution in [3.8, 4) is 16.9 Å². The molecule has 0 amide bonds. The highest BCUT2D eigenvalue weighted by atomic mass is 16.1. The molecule has 5 aromatic rings. The molecule has 0 aliphatic carbocycles. The Balaban J connectivity index is 2.00. The molecule has 0 radical (unpaired) electrons. The zero-order valence-electron chi connectivity index (χ0n) is 15.7. The van der Waals surface area contributed by atoms with Gasteiger partial charge in [0.25, 0.3) is 5.56 Å². The number of pyridine rings is 1. The van der Waals surface area contributed by atoms with Gasteiger partial charge in [-0.3, -0.25) is 9.59 Å². The molecule has 0 atom stereocenters. The molecule has 29 heavy (non-hydrogen) atoms. The van der Waals surface area contributed by atoms with Crippen LogP contribution in [-0.2, 0) is 0 Å². The van der Waals surface area contributed by atoms with Crippen LogP contribution in [-0.4, -0.2) is 14.8 Å². The Morgan fingerprint density at radius 3 is 2.28 bits per heavy atom. The third-order valence-electron chi connectivity index (χ3n) is 5.05. The van der Waals surface area contributed by atoms with Crippen LogP contribution in [0.2, 0.25) is 0 Å². The van der Waals surface area contributed by atoms with Gasteiger partial charge in [-0.25, -0.2) is 0 Å². The van der Waals surface area contributed by atoms with Gasteiger partial charge in [0.2, 0.25) is 0 Å². The number of benzene rings is 3. The SMILES string of the molecule is Cc1ccc2[nH]c3c(=O)n(-c4ccccc4)nc(-c4ccccc4)c3c(=O)c2c1. The minimum absolute atomic E-state index is 0.193. The predicted molar refractivity (Wildman–Crippen MR) is 116 cm³/mol. The quantitative estimate of drug-likeness (QED) is 0.467. The number of aromatic nitrogens is 3. The third kappa shape index (κ3) is 2.75. The Morgan fingerprint density at radius 1 is 0.862 bits per heavy atom. The molecular formula is C24H17N3O2. The van der Waals surface area contributed by atoms with Gasteiger partial charge in [0.15, 0.2) is 5.43 Å². The lowest BCUT2D eigenvalue weighted by molar-refractivity contribution is 0.823. The second-order valence-electron chi connectivity index (χ2n) is 7.02. The van der Waals surface area contributed by atoms with Gasteiger partial charge in [-0.15, -0.1) is 0 Å². The van der Waals surface area contributed by atoms with Gasteiger partial charge < -0.3 is 4.98 Å². The number of fused-ring (bicyclic) bond motifs is 2. The van der Waals surface area contributed by atoms with E-state index in [0.717, 1.165) is 11.1 Å². The highest BCUT2D eigenvalue weighted by Gasteiger charge is 2.18. The van der Waals surface area contributed by atoms with Crippen LogP contribution in [0.25, 0.3) is 38.8 Å². The molecule has 140 valence electrons. The van der Waals surface area contributed by atoms with E-state index in [9.17, 15) is 9.59 Å². The number of aromatic amines is 1. The zero-order valence-corrected chi connectivity index (χ0v) is 15.7. The Bertz CT molecular complexity index is 1480. The van der Waals surface area contributed by atoms with E-state index in [1.54, 1.807) is 0 Å². The molecule has 0 spiro atoms. The van der Waals surface area contributed by atoms with Crippen LogP contribution in [0.5, 0.6) is 0 Å². The number of hydrogen-bond acceptors (Lipinski definition) is 3. The normalized spacial score (nSPS) is 11.2. The molecule has 0 saturated heterocycles. The largest absolute Gasteiger partial charge is 0.350 e. The van der Waals surface area contributed by atoms with Crippen molar-refractivity contribution in [2.24, 2.45) is 0 Å². The molecule has 0 aliphatic rings. The van der Waals surface area contributed by atoms with Gasteiger partial charge in [-0.2, -0.15) is 9.78 Å². The van der Waals surface area contributed by atoms with Crippen LogP contribution < -0.4 is 11.0 Å². The lowest BCUT2D eigenvalue weighted by Gasteiger charge is -2.12. The van der Waals surface area contributed by atoms with E-state index in [0.29, 0.717) is 27.7 Å². The summed E-state index contributed by atoms with van der Waals surface area (Å²) < 4.78 is 1.35. The summed E-state index contributed by atoms with van der Waals surface area (Å²) in [5.41, 5.74) is 3.22. The number of aryl methyl sites for hydroxylation is 1. The van der Waals surface area contributed by atoms with Crippen molar-refractivity contribution >= 4 is 21.8 Å². The minimum atomic E-state index is -0.356. The topological polar surface area (TPSA) is 67.8 Å². The van der Waals surface area contributed by atoms with E-state index >= 15 is 0 Å². The van der Waals surface area contributed by atoms with E-state index in [4.69, 9.17) is 0 Å². The zero-order chi connectivity index (χ0) is 20.0. The number of para-hydroxylation sites is 1. The monoisotopic (exact) mass is 379 g/mol.